The molecule has 0 heterocycles. The maximum atomic E-state index is 11.7. The molecule has 0 aromatic heterocycles. The van der Waals surface area contributed by atoms with Crippen LogP contribution in [0.15, 0.2) is 18.2 Å². The average molecular weight is 261 g/mol. The zero-order chi connectivity index (χ0) is 12.1. The van der Waals surface area contributed by atoms with Crippen LogP contribution < -0.4 is 0 Å². The maximum absolute atomic E-state index is 11.7. The van der Waals surface area contributed by atoms with Gasteiger partial charge in [-0.05, 0) is 18.2 Å². The van der Waals surface area contributed by atoms with E-state index in [1.165, 1.54) is 19.2 Å². The van der Waals surface area contributed by atoms with Crippen molar-refractivity contribution in [1.29, 1.82) is 0 Å². The van der Waals surface area contributed by atoms with Crippen molar-refractivity contribution in [2.45, 2.75) is 6.42 Å². The minimum Gasteiger partial charge on any atom is -0.377 e. The Morgan fingerprint density at radius 3 is 2.62 bits per heavy atom. The highest BCUT2D eigenvalue weighted by atomic mass is 35.5. The predicted molar refractivity (Wildman–Crippen MR) is 62.3 cm³/mol. The van der Waals surface area contributed by atoms with E-state index in [1.807, 2.05) is 0 Å². The van der Waals surface area contributed by atoms with Crippen molar-refractivity contribution in [1.82, 2.24) is 0 Å². The molecule has 86 valence electrons. The molecule has 0 spiro atoms. The molecule has 0 amide bonds. The van der Waals surface area contributed by atoms with Gasteiger partial charge in [0.1, 0.15) is 6.61 Å². The molecule has 3 nitrogen and oxygen atoms in total. The van der Waals surface area contributed by atoms with E-state index >= 15 is 0 Å². The third-order valence-electron chi connectivity index (χ3n) is 1.89. The Morgan fingerprint density at radius 2 is 2.00 bits per heavy atom. The number of rotatable bonds is 5. The number of carbonyl (C=O) groups excluding carboxylic acids is 2. The Kier molecular flexibility index (Phi) is 4.93. The number of ether oxygens (including phenoxy) is 1. The van der Waals surface area contributed by atoms with Gasteiger partial charge >= 0.3 is 0 Å². The van der Waals surface area contributed by atoms with Crippen LogP contribution in [0, 0.1) is 0 Å². The molecule has 16 heavy (non-hydrogen) atoms. The van der Waals surface area contributed by atoms with E-state index in [-0.39, 0.29) is 30.2 Å². The average Bonchev–Trinajstić information content (AvgIpc) is 2.21. The van der Waals surface area contributed by atoms with Crippen LogP contribution in [0.1, 0.15) is 16.8 Å². The van der Waals surface area contributed by atoms with Crippen LogP contribution in [-0.4, -0.2) is 25.3 Å². The van der Waals surface area contributed by atoms with Crippen LogP contribution in [0.5, 0.6) is 0 Å². The minimum absolute atomic E-state index is 0.0794. The van der Waals surface area contributed by atoms with Gasteiger partial charge < -0.3 is 4.74 Å². The predicted octanol–water partition coefficient (Wildman–Crippen LogP) is 2.78. The van der Waals surface area contributed by atoms with Crippen molar-refractivity contribution in [3.63, 3.8) is 0 Å². The molecule has 0 saturated carbocycles. The highest BCUT2D eigenvalue weighted by Crippen LogP contribution is 2.21. The van der Waals surface area contributed by atoms with E-state index in [2.05, 4.69) is 4.74 Å². The molecule has 0 fully saturated rings. The van der Waals surface area contributed by atoms with Crippen LogP contribution in [0.25, 0.3) is 0 Å². The Morgan fingerprint density at radius 1 is 1.31 bits per heavy atom. The number of Topliss-reactive ketones (excluding diaryl/α,β-unsaturated/α-hetero) is 2. The van der Waals surface area contributed by atoms with E-state index < -0.39 is 0 Å². The topological polar surface area (TPSA) is 43.4 Å². The van der Waals surface area contributed by atoms with Crippen molar-refractivity contribution in [3.05, 3.63) is 33.8 Å². The van der Waals surface area contributed by atoms with Gasteiger partial charge in [0, 0.05) is 17.7 Å². The van der Waals surface area contributed by atoms with Gasteiger partial charge in [-0.2, -0.15) is 0 Å². The third kappa shape index (κ3) is 3.59. The molecule has 0 saturated heterocycles. The summed E-state index contributed by atoms with van der Waals surface area (Å²) in [5.41, 5.74) is 0.263. The number of methoxy groups -OCH3 is 1. The van der Waals surface area contributed by atoms with E-state index in [9.17, 15) is 9.59 Å². The molecule has 1 rings (SSSR count). The van der Waals surface area contributed by atoms with Gasteiger partial charge in [0.2, 0.25) is 0 Å². The van der Waals surface area contributed by atoms with E-state index in [1.54, 1.807) is 6.07 Å². The molecule has 5 heteroatoms. The summed E-state index contributed by atoms with van der Waals surface area (Å²) >= 11 is 11.6. The van der Waals surface area contributed by atoms with Crippen LogP contribution in [-0.2, 0) is 9.53 Å². The van der Waals surface area contributed by atoms with Crippen molar-refractivity contribution < 1.29 is 14.3 Å². The largest absolute Gasteiger partial charge is 0.377 e. The molecule has 1 aromatic carbocycles. The van der Waals surface area contributed by atoms with Crippen LogP contribution in [0.2, 0.25) is 10.0 Å². The number of hydrogen-bond acceptors (Lipinski definition) is 3. The first-order chi connectivity index (χ1) is 7.54. The first kappa shape index (κ1) is 13.2. The second kappa shape index (κ2) is 5.99. The Labute approximate surface area is 103 Å². The third-order valence-corrected chi connectivity index (χ3v) is 2.46. The summed E-state index contributed by atoms with van der Waals surface area (Å²) in [7, 11) is 1.40. The summed E-state index contributed by atoms with van der Waals surface area (Å²) in [5.74, 6) is -0.641. The van der Waals surface area contributed by atoms with E-state index in [4.69, 9.17) is 23.2 Å². The maximum Gasteiger partial charge on any atom is 0.171 e. The molecular formula is C11H10Cl2O3. The molecule has 0 unspecified atom stereocenters. The lowest BCUT2D eigenvalue weighted by Gasteiger charge is -2.03. The molecule has 0 aliphatic carbocycles. The first-order valence-corrected chi connectivity index (χ1v) is 5.29. The molecule has 0 aliphatic heterocycles. The lowest BCUT2D eigenvalue weighted by atomic mass is 10.1. The van der Waals surface area contributed by atoms with E-state index in [0.29, 0.717) is 10.0 Å². The molecule has 0 bridgehead atoms. The lowest BCUT2D eigenvalue weighted by molar-refractivity contribution is -0.121. The summed E-state index contributed by atoms with van der Waals surface area (Å²) in [6.07, 6.45) is -0.228. The fraction of sp³-hybridized carbons (Fsp3) is 0.273. The fourth-order valence-corrected chi connectivity index (χ4v) is 1.59. The highest BCUT2D eigenvalue weighted by molar-refractivity contribution is 6.36. The van der Waals surface area contributed by atoms with Gasteiger partial charge in [-0.25, -0.2) is 0 Å². The summed E-state index contributed by atoms with van der Waals surface area (Å²) < 4.78 is 4.63. The van der Waals surface area contributed by atoms with Gasteiger partial charge in [0.05, 0.1) is 11.4 Å². The smallest absolute Gasteiger partial charge is 0.171 e. The lowest BCUT2D eigenvalue weighted by Crippen LogP contribution is -2.13. The number of ketones is 2. The molecular weight excluding hydrogens is 251 g/mol. The zero-order valence-electron chi connectivity index (χ0n) is 8.63. The number of benzene rings is 1. The molecule has 0 atom stereocenters. The molecule has 1 aromatic rings. The van der Waals surface area contributed by atoms with Crippen LogP contribution in [0.4, 0.5) is 0 Å². The molecule has 0 radical (unpaired) electrons. The fourth-order valence-electron chi connectivity index (χ4n) is 1.20. The standard InChI is InChI=1S/C11H10Cl2O3/c1-16-6-8(14)5-11(15)9-4-7(12)2-3-10(9)13/h2-4H,5-6H2,1H3. The van der Waals surface area contributed by atoms with Gasteiger partial charge in [-0.1, -0.05) is 23.2 Å². The van der Waals surface area contributed by atoms with Crippen molar-refractivity contribution in [2.24, 2.45) is 0 Å². The minimum atomic E-state index is -0.352. The van der Waals surface area contributed by atoms with Crippen molar-refractivity contribution >= 4 is 34.8 Å². The normalized spacial score (nSPS) is 10.2. The Hall–Kier alpha value is -0.900. The SMILES string of the molecule is COCC(=O)CC(=O)c1cc(Cl)ccc1Cl. The van der Waals surface area contributed by atoms with Gasteiger partial charge in [-0.15, -0.1) is 0 Å². The highest BCUT2D eigenvalue weighted by Gasteiger charge is 2.14. The number of carbonyl (C=O) groups is 2. The second-order valence-corrected chi connectivity index (χ2v) is 4.04. The summed E-state index contributed by atoms with van der Waals surface area (Å²) in [5, 5.41) is 0.701. The first-order valence-electron chi connectivity index (χ1n) is 4.53. The monoisotopic (exact) mass is 260 g/mol. The Balaban J connectivity index is 2.80. The van der Waals surface area contributed by atoms with Crippen LogP contribution in [0.3, 0.4) is 0 Å². The summed E-state index contributed by atoms with van der Waals surface area (Å²) in [6.45, 7) is -0.0794. The second-order valence-electron chi connectivity index (χ2n) is 3.20. The summed E-state index contributed by atoms with van der Waals surface area (Å²) in [4.78, 5) is 22.9. The number of halogens is 2. The van der Waals surface area contributed by atoms with Crippen molar-refractivity contribution in [2.75, 3.05) is 13.7 Å². The molecule has 0 N–H and O–H groups in total. The zero-order valence-corrected chi connectivity index (χ0v) is 10.1. The summed E-state index contributed by atoms with van der Waals surface area (Å²) in [6, 6.07) is 4.56. The Bertz CT molecular complexity index is 416. The van der Waals surface area contributed by atoms with Gasteiger partial charge in [0.25, 0.3) is 0 Å². The van der Waals surface area contributed by atoms with Crippen LogP contribution >= 0.6 is 23.2 Å². The van der Waals surface area contributed by atoms with E-state index in [0.717, 1.165) is 0 Å². The van der Waals surface area contributed by atoms with Gasteiger partial charge in [-0.3, -0.25) is 9.59 Å². The number of hydrogen-bond donors (Lipinski definition) is 0. The molecule has 0 aliphatic rings. The quantitative estimate of drug-likeness (QED) is 0.604. The van der Waals surface area contributed by atoms with Gasteiger partial charge in [0.15, 0.2) is 11.6 Å². The van der Waals surface area contributed by atoms with Crippen molar-refractivity contribution in [3.8, 4) is 0 Å².